The first-order chi connectivity index (χ1) is 13.8. The number of hydrogen-bond acceptors (Lipinski definition) is 5. The molecule has 0 aliphatic rings. The van der Waals surface area contributed by atoms with Gasteiger partial charge in [-0.1, -0.05) is 34.8 Å². The molecule has 0 fully saturated rings. The molecule has 29 heavy (non-hydrogen) atoms. The van der Waals surface area contributed by atoms with Gasteiger partial charge in [0.05, 0.1) is 28.5 Å². The number of anilines is 2. The maximum atomic E-state index is 13.0. The number of nitrogens with one attached hydrogen (secondary N) is 2. The van der Waals surface area contributed by atoms with Crippen LogP contribution in [0.4, 0.5) is 16.2 Å². The lowest BCUT2D eigenvalue weighted by molar-refractivity contribution is 0.101. The molecular formula is C17H11BrCl3N5O3. The van der Waals surface area contributed by atoms with Gasteiger partial charge in [-0.15, -0.1) is 0 Å². The average Bonchev–Trinajstić information content (AvgIpc) is 3.06. The van der Waals surface area contributed by atoms with Crippen LogP contribution >= 0.6 is 50.7 Å². The van der Waals surface area contributed by atoms with Crippen molar-refractivity contribution in [1.29, 1.82) is 0 Å². The molecule has 12 heteroatoms. The number of rotatable bonds is 4. The van der Waals surface area contributed by atoms with Gasteiger partial charge in [0.1, 0.15) is 10.3 Å². The van der Waals surface area contributed by atoms with Gasteiger partial charge in [-0.2, -0.15) is 5.10 Å². The number of methoxy groups -OCH3 is 1. The van der Waals surface area contributed by atoms with Gasteiger partial charge in [-0.25, -0.2) is 14.5 Å². The lowest BCUT2D eigenvalue weighted by atomic mass is 10.2. The third-order valence-electron chi connectivity index (χ3n) is 3.57. The summed E-state index contributed by atoms with van der Waals surface area (Å²) in [6.07, 6.45) is 0.763. The van der Waals surface area contributed by atoms with Gasteiger partial charge >= 0.3 is 6.09 Å². The van der Waals surface area contributed by atoms with E-state index in [-0.39, 0.29) is 32.9 Å². The fourth-order valence-electron chi connectivity index (χ4n) is 2.35. The molecule has 2 N–H and O–H groups in total. The van der Waals surface area contributed by atoms with E-state index >= 15 is 0 Å². The normalized spacial score (nSPS) is 10.5. The number of carbonyl (C=O) groups excluding carboxylic acids is 2. The molecule has 0 bridgehead atoms. The second-order valence-corrected chi connectivity index (χ2v) is 7.52. The SMILES string of the molecule is COC(=O)Nc1cc(Cl)cc(Cl)c1NC(=O)c1cc(Br)nn1-c1ncccc1Cl. The Bertz CT molecular complexity index is 1110. The summed E-state index contributed by atoms with van der Waals surface area (Å²) >= 11 is 21.6. The minimum absolute atomic E-state index is 0.109. The van der Waals surface area contributed by atoms with E-state index in [0.29, 0.717) is 9.63 Å². The molecule has 0 atom stereocenters. The van der Waals surface area contributed by atoms with Crippen LogP contribution in [0.2, 0.25) is 15.1 Å². The highest BCUT2D eigenvalue weighted by atomic mass is 79.9. The van der Waals surface area contributed by atoms with Crippen LogP contribution < -0.4 is 10.6 Å². The molecule has 2 amide bonds. The molecule has 0 saturated carbocycles. The molecule has 2 aromatic heterocycles. The number of amides is 2. The van der Waals surface area contributed by atoms with Crippen molar-refractivity contribution in [3.05, 3.63) is 61.9 Å². The number of ether oxygens (including phenoxy) is 1. The zero-order valence-electron chi connectivity index (χ0n) is 14.5. The number of pyridine rings is 1. The van der Waals surface area contributed by atoms with Crippen LogP contribution in [-0.2, 0) is 4.74 Å². The number of benzene rings is 1. The van der Waals surface area contributed by atoms with E-state index in [2.05, 4.69) is 41.4 Å². The Morgan fingerprint density at radius 1 is 1.14 bits per heavy atom. The zero-order chi connectivity index (χ0) is 21.1. The van der Waals surface area contributed by atoms with E-state index in [9.17, 15) is 9.59 Å². The summed E-state index contributed by atoms with van der Waals surface area (Å²) in [5.74, 6) is -0.317. The zero-order valence-corrected chi connectivity index (χ0v) is 18.4. The maximum Gasteiger partial charge on any atom is 0.411 e. The van der Waals surface area contributed by atoms with Crippen molar-refractivity contribution in [2.45, 2.75) is 0 Å². The second kappa shape index (κ2) is 9.00. The smallest absolute Gasteiger partial charge is 0.411 e. The van der Waals surface area contributed by atoms with Gasteiger partial charge in [0.15, 0.2) is 5.82 Å². The number of carbonyl (C=O) groups is 2. The quantitative estimate of drug-likeness (QED) is 0.480. The van der Waals surface area contributed by atoms with Crippen LogP contribution in [-0.4, -0.2) is 33.9 Å². The molecule has 0 spiro atoms. The highest BCUT2D eigenvalue weighted by Gasteiger charge is 2.21. The van der Waals surface area contributed by atoms with Crippen LogP contribution in [0.25, 0.3) is 5.82 Å². The molecular weight excluding hydrogens is 508 g/mol. The van der Waals surface area contributed by atoms with Gasteiger partial charge in [-0.05, 0) is 40.2 Å². The van der Waals surface area contributed by atoms with Crippen molar-refractivity contribution in [2.75, 3.05) is 17.7 Å². The fourth-order valence-corrected chi connectivity index (χ4v) is 3.46. The molecule has 8 nitrogen and oxygen atoms in total. The lowest BCUT2D eigenvalue weighted by Crippen LogP contribution is -2.20. The summed E-state index contributed by atoms with van der Waals surface area (Å²) in [6.45, 7) is 0. The molecule has 150 valence electrons. The third kappa shape index (κ3) is 4.81. The van der Waals surface area contributed by atoms with Crippen LogP contribution in [0.1, 0.15) is 10.5 Å². The third-order valence-corrected chi connectivity index (χ3v) is 4.77. The molecule has 1 aromatic carbocycles. The number of aromatic nitrogens is 3. The van der Waals surface area contributed by atoms with Gasteiger partial charge in [0, 0.05) is 17.3 Å². The molecule has 0 unspecified atom stereocenters. The van der Waals surface area contributed by atoms with E-state index in [1.54, 1.807) is 12.1 Å². The summed E-state index contributed by atoms with van der Waals surface area (Å²) in [5, 5.41) is 9.97. The van der Waals surface area contributed by atoms with E-state index in [1.807, 2.05) is 0 Å². The van der Waals surface area contributed by atoms with Crippen LogP contribution in [0.5, 0.6) is 0 Å². The highest BCUT2D eigenvalue weighted by Crippen LogP contribution is 2.35. The predicted octanol–water partition coefficient (Wildman–Crippen LogP) is 5.42. The molecule has 0 aliphatic heterocycles. The topological polar surface area (TPSA) is 98.1 Å². The van der Waals surface area contributed by atoms with Crippen molar-refractivity contribution in [2.24, 2.45) is 0 Å². The minimum Gasteiger partial charge on any atom is -0.453 e. The Morgan fingerprint density at radius 3 is 2.59 bits per heavy atom. The van der Waals surface area contributed by atoms with Gasteiger partial charge in [0.25, 0.3) is 5.91 Å². The summed E-state index contributed by atoms with van der Waals surface area (Å²) < 4.78 is 6.24. The number of nitrogens with zero attached hydrogens (tertiary/aromatic N) is 3. The summed E-state index contributed by atoms with van der Waals surface area (Å²) in [6, 6.07) is 7.60. The standard InChI is InChI=1S/C17H11BrCl3N5O3/c1-29-17(28)23-11-6-8(19)5-10(21)14(11)24-16(27)12-7-13(18)25-26(12)15-9(20)3-2-4-22-15/h2-7H,1H3,(H,23,28)(H,24,27). The Balaban J connectivity index is 2.00. The van der Waals surface area contributed by atoms with Crippen molar-refractivity contribution in [3.63, 3.8) is 0 Å². The van der Waals surface area contributed by atoms with Crippen molar-refractivity contribution >= 4 is 74.1 Å². The average molecular weight is 520 g/mol. The molecule has 0 aliphatic carbocycles. The van der Waals surface area contributed by atoms with Gasteiger partial charge in [0.2, 0.25) is 0 Å². The summed E-state index contributed by atoms with van der Waals surface area (Å²) in [5.41, 5.74) is 0.402. The Labute approximate surface area is 188 Å². The van der Waals surface area contributed by atoms with Crippen molar-refractivity contribution < 1.29 is 14.3 Å². The molecule has 3 rings (SSSR count). The largest absolute Gasteiger partial charge is 0.453 e. The monoisotopic (exact) mass is 517 g/mol. The van der Waals surface area contributed by atoms with Crippen LogP contribution in [0, 0.1) is 0 Å². The molecule has 3 aromatic rings. The van der Waals surface area contributed by atoms with Crippen LogP contribution in [0.3, 0.4) is 0 Å². The lowest BCUT2D eigenvalue weighted by Gasteiger charge is -2.14. The van der Waals surface area contributed by atoms with E-state index in [0.717, 1.165) is 0 Å². The van der Waals surface area contributed by atoms with E-state index < -0.39 is 12.0 Å². The Morgan fingerprint density at radius 2 is 1.90 bits per heavy atom. The first-order valence-electron chi connectivity index (χ1n) is 7.82. The Hall–Kier alpha value is -2.33. The first kappa shape index (κ1) is 21.4. The van der Waals surface area contributed by atoms with Gasteiger partial charge in [-0.3, -0.25) is 10.1 Å². The summed E-state index contributed by atoms with van der Waals surface area (Å²) in [7, 11) is 1.20. The van der Waals surface area contributed by atoms with E-state index in [1.165, 1.54) is 36.2 Å². The Kier molecular flexibility index (Phi) is 6.63. The number of halogens is 4. The molecule has 0 radical (unpaired) electrons. The second-order valence-electron chi connectivity index (χ2n) is 5.45. The van der Waals surface area contributed by atoms with Crippen molar-refractivity contribution in [3.8, 4) is 5.82 Å². The first-order valence-corrected chi connectivity index (χ1v) is 9.74. The van der Waals surface area contributed by atoms with Gasteiger partial charge < -0.3 is 10.1 Å². The summed E-state index contributed by atoms with van der Waals surface area (Å²) in [4.78, 5) is 28.8. The highest BCUT2D eigenvalue weighted by molar-refractivity contribution is 9.10. The fraction of sp³-hybridized carbons (Fsp3) is 0.0588. The molecule has 2 heterocycles. The number of hydrogen-bond donors (Lipinski definition) is 2. The maximum absolute atomic E-state index is 13.0. The van der Waals surface area contributed by atoms with E-state index in [4.69, 9.17) is 34.8 Å². The predicted molar refractivity (Wildman–Crippen MR) is 115 cm³/mol. The minimum atomic E-state index is -0.758. The van der Waals surface area contributed by atoms with Crippen molar-refractivity contribution in [1.82, 2.24) is 14.8 Å². The molecule has 0 saturated heterocycles. The van der Waals surface area contributed by atoms with Crippen LogP contribution in [0.15, 0.2) is 41.1 Å².